The first-order chi connectivity index (χ1) is 14.7. The van der Waals surface area contributed by atoms with E-state index in [2.05, 4.69) is 25.3 Å². The van der Waals surface area contributed by atoms with Crippen molar-refractivity contribution in [2.24, 2.45) is 5.10 Å². The second-order valence-electron chi connectivity index (χ2n) is 6.91. The number of rotatable bonds is 6. The van der Waals surface area contributed by atoms with Crippen LogP contribution < -0.4 is 20.0 Å². The van der Waals surface area contributed by atoms with Crippen molar-refractivity contribution in [2.45, 2.75) is 0 Å². The van der Waals surface area contributed by atoms with Crippen molar-refractivity contribution in [3.8, 4) is 11.5 Å². The molecular weight excluding hydrogens is 388 g/mol. The first-order valence-corrected chi connectivity index (χ1v) is 9.93. The van der Waals surface area contributed by atoms with Crippen LogP contribution in [0.3, 0.4) is 0 Å². The molecular formula is C20H26N6O4. The zero-order valence-electron chi connectivity index (χ0n) is 17.0. The second kappa shape index (κ2) is 9.59. The fraction of sp³-hybridized carbons (Fsp3) is 0.450. The molecule has 1 aromatic carbocycles. The molecule has 2 aliphatic rings. The topological polar surface area (TPSA) is 105 Å². The van der Waals surface area contributed by atoms with Gasteiger partial charge in [-0.25, -0.2) is 0 Å². The van der Waals surface area contributed by atoms with E-state index >= 15 is 0 Å². The van der Waals surface area contributed by atoms with E-state index in [1.807, 2.05) is 6.07 Å². The number of hydrogen-bond acceptors (Lipinski definition) is 10. The molecule has 0 radical (unpaired) electrons. The zero-order valence-corrected chi connectivity index (χ0v) is 17.0. The highest BCUT2D eigenvalue weighted by atomic mass is 16.5. The predicted octanol–water partition coefficient (Wildman–Crippen LogP) is 1.31. The Morgan fingerprint density at radius 3 is 2.43 bits per heavy atom. The van der Waals surface area contributed by atoms with E-state index in [0.29, 0.717) is 43.9 Å². The number of morpholine rings is 2. The first-order valence-electron chi connectivity index (χ1n) is 9.93. The van der Waals surface area contributed by atoms with Gasteiger partial charge in [0.15, 0.2) is 17.3 Å². The molecule has 160 valence electrons. The van der Waals surface area contributed by atoms with Gasteiger partial charge in [-0.3, -0.25) is 5.43 Å². The summed E-state index contributed by atoms with van der Waals surface area (Å²) >= 11 is 0. The van der Waals surface area contributed by atoms with E-state index in [4.69, 9.17) is 19.2 Å². The van der Waals surface area contributed by atoms with Crippen LogP contribution in [0.2, 0.25) is 0 Å². The number of hydrogen-bond donors (Lipinski definition) is 2. The first kappa shape index (κ1) is 20.2. The molecule has 2 N–H and O–H groups in total. The number of hydrazone groups is 1. The molecule has 0 saturated carbocycles. The Labute approximate surface area is 175 Å². The molecule has 4 rings (SSSR count). The molecule has 2 fully saturated rings. The van der Waals surface area contributed by atoms with Gasteiger partial charge in [0.1, 0.15) is 5.82 Å². The van der Waals surface area contributed by atoms with Crippen LogP contribution in [-0.4, -0.2) is 81.0 Å². The van der Waals surface area contributed by atoms with Gasteiger partial charge in [-0.05, 0) is 23.8 Å². The molecule has 10 heteroatoms. The SMILES string of the molecule is COc1cc(C=NNc2cc(N3CCOCC3)nc(N3CCOCC3)n2)ccc1O. The highest BCUT2D eigenvalue weighted by Crippen LogP contribution is 2.26. The highest BCUT2D eigenvalue weighted by Gasteiger charge is 2.19. The van der Waals surface area contributed by atoms with Crippen LogP contribution in [0.5, 0.6) is 11.5 Å². The Hall–Kier alpha value is -3.11. The molecule has 2 aliphatic heterocycles. The van der Waals surface area contributed by atoms with Gasteiger partial charge in [0.05, 0.1) is 39.8 Å². The Balaban J connectivity index is 1.54. The van der Waals surface area contributed by atoms with Crippen molar-refractivity contribution in [2.75, 3.05) is 74.9 Å². The number of phenolic OH excluding ortho intramolecular Hbond substituents is 1. The van der Waals surface area contributed by atoms with Crippen molar-refractivity contribution in [1.82, 2.24) is 9.97 Å². The lowest BCUT2D eigenvalue weighted by molar-refractivity contribution is 0.121. The number of nitrogens with zero attached hydrogens (tertiary/aromatic N) is 5. The summed E-state index contributed by atoms with van der Waals surface area (Å²) in [6.07, 6.45) is 1.65. The van der Waals surface area contributed by atoms with E-state index < -0.39 is 0 Å². The standard InChI is InChI=1S/C20H26N6O4/c1-28-17-12-15(2-3-16(17)27)14-21-24-18-13-19(25-4-8-29-9-5-25)23-20(22-18)26-6-10-30-11-7-26/h2-3,12-14,27H,4-11H2,1H3,(H,22,23,24). The lowest BCUT2D eigenvalue weighted by Gasteiger charge is -2.31. The monoisotopic (exact) mass is 414 g/mol. The number of methoxy groups -OCH3 is 1. The van der Waals surface area contributed by atoms with Crippen molar-refractivity contribution >= 4 is 23.8 Å². The maximum Gasteiger partial charge on any atom is 0.229 e. The number of benzene rings is 1. The Kier molecular flexibility index (Phi) is 6.45. The molecule has 2 aromatic rings. The third-order valence-electron chi connectivity index (χ3n) is 4.93. The molecule has 10 nitrogen and oxygen atoms in total. The third-order valence-corrected chi connectivity index (χ3v) is 4.93. The molecule has 30 heavy (non-hydrogen) atoms. The van der Waals surface area contributed by atoms with E-state index in [1.54, 1.807) is 24.4 Å². The van der Waals surface area contributed by atoms with Crippen molar-refractivity contribution < 1.29 is 19.3 Å². The summed E-state index contributed by atoms with van der Waals surface area (Å²) < 4.78 is 16.0. The normalized spacial score (nSPS) is 17.4. The van der Waals surface area contributed by atoms with Gasteiger partial charge in [0, 0.05) is 32.2 Å². The average molecular weight is 414 g/mol. The molecule has 0 unspecified atom stereocenters. The summed E-state index contributed by atoms with van der Waals surface area (Å²) in [5.74, 6) is 2.59. The van der Waals surface area contributed by atoms with Gasteiger partial charge in [-0.15, -0.1) is 0 Å². The van der Waals surface area contributed by atoms with Crippen LogP contribution in [0, 0.1) is 0 Å². The minimum absolute atomic E-state index is 0.0868. The van der Waals surface area contributed by atoms with Gasteiger partial charge in [0.25, 0.3) is 0 Å². The third kappa shape index (κ3) is 4.89. The van der Waals surface area contributed by atoms with Gasteiger partial charge >= 0.3 is 0 Å². The van der Waals surface area contributed by atoms with Crippen molar-refractivity contribution in [3.63, 3.8) is 0 Å². The maximum atomic E-state index is 9.72. The zero-order chi connectivity index (χ0) is 20.8. The maximum absolute atomic E-state index is 9.72. The van der Waals surface area contributed by atoms with Crippen molar-refractivity contribution in [1.29, 1.82) is 0 Å². The lowest BCUT2D eigenvalue weighted by Crippen LogP contribution is -2.39. The van der Waals surface area contributed by atoms with Crippen LogP contribution in [0.4, 0.5) is 17.6 Å². The van der Waals surface area contributed by atoms with Gasteiger partial charge in [-0.2, -0.15) is 15.1 Å². The summed E-state index contributed by atoms with van der Waals surface area (Å²) in [6, 6.07) is 6.92. The number of ether oxygens (including phenoxy) is 3. The van der Waals surface area contributed by atoms with E-state index in [9.17, 15) is 5.11 Å². The molecule has 3 heterocycles. The lowest BCUT2D eigenvalue weighted by atomic mass is 10.2. The minimum atomic E-state index is 0.0868. The number of aromatic nitrogens is 2. The van der Waals surface area contributed by atoms with E-state index in [-0.39, 0.29) is 5.75 Å². The van der Waals surface area contributed by atoms with Crippen molar-refractivity contribution in [3.05, 3.63) is 29.8 Å². The fourth-order valence-corrected chi connectivity index (χ4v) is 3.29. The average Bonchev–Trinajstić information content (AvgIpc) is 2.81. The van der Waals surface area contributed by atoms with Gasteiger partial charge < -0.3 is 29.1 Å². The summed E-state index contributed by atoms with van der Waals surface area (Å²) in [5.41, 5.74) is 3.79. The molecule has 2 saturated heterocycles. The van der Waals surface area contributed by atoms with Crippen LogP contribution >= 0.6 is 0 Å². The Morgan fingerprint density at radius 2 is 1.73 bits per heavy atom. The van der Waals surface area contributed by atoms with Crippen LogP contribution in [0.15, 0.2) is 29.4 Å². The van der Waals surface area contributed by atoms with E-state index in [1.165, 1.54) is 7.11 Å². The number of anilines is 3. The van der Waals surface area contributed by atoms with Gasteiger partial charge in [-0.1, -0.05) is 0 Å². The summed E-state index contributed by atoms with van der Waals surface area (Å²) in [5, 5.41) is 14.0. The molecule has 1 aromatic heterocycles. The van der Waals surface area contributed by atoms with Crippen LogP contribution in [-0.2, 0) is 9.47 Å². The predicted molar refractivity (Wildman–Crippen MR) is 114 cm³/mol. The molecule has 0 aliphatic carbocycles. The number of nitrogens with one attached hydrogen (secondary N) is 1. The number of phenols is 1. The smallest absolute Gasteiger partial charge is 0.229 e. The fourth-order valence-electron chi connectivity index (χ4n) is 3.29. The van der Waals surface area contributed by atoms with Crippen LogP contribution in [0.25, 0.3) is 0 Å². The van der Waals surface area contributed by atoms with Gasteiger partial charge in [0.2, 0.25) is 5.95 Å². The van der Waals surface area contributed by atoms with Crippen LogP contribution in [0.1, 0.15) is 5.56 Å². The highest BCUT2D eigenvalue weighted by molar-refractivity contribution is 5.81. The molecule has 0 atom stereocenters. The van der Waals surface area contributed by atoms with E-state index in [0.717, 1.165) is 37.6 Å². The summed E-state index contributed by atoms with van der Waals surface area (Å²) in [6.45, 7) is 5.76. The second-order valence-corrected chi connectivity index (χ2v) is 6.91. The Morgan fingerprint density at radius 1 is 1.03 bits per heavy atom. The quantitative estimate of drug-likeness (QED) is 0.535. The number of aromatic hydroxyl groups is 1. The molecule has 0 bridgehead atoms. The summed E-state index contributed by atoms with van der Waals surface area (Å²) in [7, 11) is 1.51. The minimum Gasteiger partial charge on any atom is -0.504 e. The Bertz CT molecular complexity index is 845. The largest absolute Gasteiger partial charge is 0.504 e. The molecule has 0 spiro atoms. The molecule has 0 amide bonds. The summed E-state index contributed by atoms with van der Waals surface area (Å²) in [4.78, 5) is 13.7.